The normalized spacial score (nSPS) is 12.3. The van der Waals surface area contributed by atoms with E-state index in [1.807, 2.05) is 18.2 Å². The molecule has 0 saturated heterocycles. The van der Waals surface area contributed by atoms with Crippen molar-refractivity contribution in [3.05, 3.63) is 29.1 Å². The zero-order chi connectivity index (χ0) is 10.3. The Balaban J connectivity index is 2.69. The number of fused-ring (bicyclic) bond motifs is 1. The molecule has 0 radical (unpaired) electrons. The second kappa shape index (κ2) is 2.99. The molecule has 1 aromatic heterocycles. The van der Waals surface area contributed by atoms with Gasteiger partial charge < -0.3 is 4.42 Å². The number of hydrogen-bond acceptors (Lipinski definition) is 2. The fraction of sp³-hybridized carbons (Fsp3) is 0.364. The number of nitrogens with zero attached hydrogens (tertiary/aromatic N) is 1. The van der Waals surface area contributed by atoms with Crippen LogP contribution in [-0.2, 0) is 5.41 Å². The van der Waals surface area contributed by atoms with Crippen molar-refractivity contribution in [2.24, 2.45) is 0 Å². The van der Waals surface area contributed by atoms with Gasteiger partial charge in [-0.15, -0.1) is 0 Å². The lowest BCUT2D eigenvalue weighted by atomic mass is 9.97. The minimum atomic E-state index is -0.0810. The number of hydrogen-bond donors (Lipinski definition) is 0. The summed E-state index contributed by atoms with van der Waals surface area (Å²) in [5.41, 5.74) is 1.42. The Kier molecular flexibility index (Phi) is 2.04. The fourth-order valence-electron chi connectivity index (χ4n) is 1.24. The molecule has 2 aromatic rings. The van der Waals surface area contributed by atoms with E-state index in [1.54, 1.807) is 0 Å². The highest BCUT2D eigenvalue weighted by molar-refractivity contribution is 6.34. The molecule has 0 bridgehead atoms. The molecule has 3 heteroatoms. The van der Waals surface area contributed by atoms with Gasteiger partial charge in [-0.25, -0.2) is 4.98 Å². The standard InChI is InChI=1S/C11H12ClNO/c1-11(2,3)10-13-9-7(12)5-4-6-8(9)14-10/h4-6H,1-3H3. The first kappa shape index (κ1) is 9.53. The van der Waals surface area contributed by atoms with Gasteiger partial charge in [0.1, 0.15) is 5.52 Å². The van der Waals surface area contributed by atoms with E-state index in [0.29, 0.717) is 5.02 Å². The molecule has 0 unspecified atom stereocenters. The molecular weight excluding hydrogens is 198 g/mol. The zero-order valence-corrected chi connectivity index (χ0v) is 9.22. The zero-order valence-electron chi connectivity index (χ0n) is 8.47. The number of oxazole rings is 1. The molecule has 14 heavy (non-hydrogen) atoms. The highest BCUT2D eigenvalue weighted by Crippen LogP contribution is 2.29. The van der Waals surface area contributed by atoms with Gasteiger partial charge in [0.05, 0.1) is 5.02 Å². The van der Waals surface area contributed by atoms with Crippen LogP contribution in [0.5, 0.6) is 0 Å². The van der Waals surface area contributed by atoms with Crippen LogP contribution in [-0.4, -0.2) is 4.98 Å². The van der Waals surface area contributed by atoms with Crippen LogP contribution < -0.4 is 0 Å². The Morgan fingerprint density at radius 3 is 2.57 bits per heavy atom. The van der Waals surface area contributed by atoms with Gasteiger partial charge >= 0.3 is 0 Å². The van der Waals surface area contributed by atoms with Crippen molar-refractivity contribution in [2.75, 3.05) is 0 Å². The molecule has 0 N–H and O–H groups in total. The van der Waals surface area contributed by atoms with Gasteiger partial charge in [0.15, 0.2) is 5.58 Å². The second-order valence-electron chi connectivity index (χ2n) is 4.36. The molecule has 0 aliphatic carbocycles. The quantitative estimate of drug-likeness (QED) is 0.660. The molecule has 0 saturated carbocycles. The van der Waals surface area contributed by atoms with E-state index >= 15 is 0 Å². The summed E-state index contributed by atoms with van der Waals surface area (Å²) >= 11 is 6.00. The van der Waals surface area contributed by atoms with Crippen LogP contribution >= 0.6 is 11.6 Å². The van der Waals surface area contributed by atoms with Gasteiger partial charge in [-0.05, 0) is 12.1 Å². The molecule has 0 amide bonds. The van der Waals surface area contributed by atoms with Gasteiger partial charge in [0.2, 0.25) is 5.89 Å². The molecule has 0 spiro atoms. The van der Waals surface area contributed by atoms with E-state index in [-0.39, 0.29) is 5.41 Å². The summed E-state index contributed by atoms with van der Waals surface area (Å²) in [6, 6.07) is 5.56. The van der Waals surface area contributed by atoms with Gasteiger partial charge in [-0.1, -0.05) is 38.4 Å². The van der Waals surface area contributed by atoms with Gasteiger partial charge in [-0.2, -0.15) is 0 Å². The van der Waals surface area contributed by atoms with Crippen molar-refractivity contribution in [2.45, 2.75) is 26.2 Å². The Morgan fingerprint density at radius 1 is 1.29 bits per heavy atom. The first-order chi connectivity index (χ1) is 6.48. The molecule has 0 aliphatic heterocycles. The molecule has 74 valence electrons. The number of aromatic nitrogens is 1. The summed E-state index contributed by atoms with van der Waals surface area (Å²) in [5, 5.41) is 0.641. The Morgan fingerprint density at radius 2 is 2.00 bits per heavy atom. The maximum Gasteiger partial charge on any atom is 0.200 e. The third-order valence-electron chi connectivity index (χ3n) is 2.01. The third-order valence-corrected chi connectivity index (χ3v) is 2.32. The monoisotopic (exact) mass is 209 g/mol. The van der Waals surface area contributed by atoms with Crippen LogP contribution in [0.25, 0.3) is 11.1 Å². The van der Waals surface area contributed by atoms with Gasteiger partial charge in [-0.3, -0.25) is 0 Å². The maximum absolute atomic E-state index is 6.00. The van der Waals surface area contributed by atoms with Crippen LogP contribution in [0.15, 0.2) is 22.6 Å². The van der Waals surface area contributed by atoms with Crippen molar-refractivity contribution in [3.8, 4) is 0 Å². The van der Waals surface area contributed by atoms with E-state index in [4.69, 9.17) is 16.0 Å². The first-order valence-corrected chi connectivity index (χ1v) is 4.92. The van der Waals surface area contributed by atoms with E-state index in [0.717, 1.165) is 17.0 Å². The second-order valence-corrected chi connectivity index (χ2v) is 4.76. The average molecular weight is 210 g/mol. The molecule has 0 fully saturated rings. The Bertz CT molecular complexity index is 468. The Labute approximate surface area is 87.9 Å². The van der Waals surface area contributed by atoms with Crippen LogP contribution in [0, 0.1) is 0 Å². The van der Waals surface area contributed by atoms with Crippen molar-refractivity contribution in [1.82, 2.24) is 4.98 Å². The fourth-order valence-corrected chi connectivity index (χ4v) is 1.44. The van der Waals surface area contributed by atoms with Crippen molar-refractivity contribution in [3.63, 3.8) is 0 Å². The molecule has 0 aliphatic rings. The summed E-state index contributed by atoms with van der Waals surface area (Å²) in [4.78, 5) is 4.38. The molecule has 1 heterocycles. The summed E-state index contributed by atoms with van der Waals surface area (Å²) < 4.78 is 5.62. The number of rotatable bonds is 0. The first-order valence-electron chi connectivity index (χ1n) is 4.54. The van der Waals surface area contributed by atoms with Crippen molar-refractivity contribution < 1.29 is 4.42 Å². The molecule has 0 atom stereocenters. The van der Waals surface area contributed by atoms with Crippen LogP contribution in [0.2, 0.25) is 5.02 Å². The Hall–Kier alpha value is -1.02. The van der Waals surface area contributed by atoms with Crippen LogP contribution in [0.3, 0.4) is 0 Å². The number of halogens is 1. The average Bonchev–Trinajstić information content (AvgIpc) is 2.48. The highest BCUT2D eigenvalue weighted by Gasteiger charge is 2.21. The lowest BCUT2D eigenvalue weighted by molar-refractivity contribution is 0.411. The maximum atomic E-state index is 6.00. The number of benzene rings is 1. The predicted molar refractivity (Wildman–Crippen MR) is 57.7 cm³/mol. The molecular formula is C11H12ClNO. The van der Waals surface area contributed by atoms with Crippen molar-refractivity contribution >= 4 is 22.7 Å². The lowest BCUT2D eigenvalue weighted by Crippen LogP contribution is -2.10. The molecule has 2 nitrogen and oxygen atoms in total. The largest absolute Gasteiger partial charge is 0.440 e. The van der Waals surface area contributed by atoms with E-state index in [9.17, 15) is 0 Å². The highest BCUT2D eigenvalue weighted by atomic mass is 35.5. The molecule has 1 aromatic carbocycles. The van der Waals surface area contributed by atoms with E-state index in [2.05, 4.69) is 25.8 Å². The van der Waals surface area contributed by atoms with Crippen LogP contribution in [0.4, 0.5) is 0 Å². The van der Waals surface area contributed by atoms with Crippen molar-refractivity contribution in [1.29, 1.82) is 0 Å². The van der Waals surface area contributed by atoms with Gasteiger partial charge in [0, 0.05) is 5.41 Å². The summed E-state index contributed by atoms with van der Waals surface area (Å²) in [6.07, 6.45) is 0. The topological polar surface area (TPSA) is 26.0 Å². The minimum absolute atomic E-state index is 0.0810. The van der Waals surface area contributed by atoms with E-state index < -0.39 is 0 Å². The van der Waals surface area contributed by atoms with Crippen LogP contribution in [0.1, 0.15) is 26.7 Å². The summed E-state index contributed by atoms with van der Waals surface area (Å²) in [7, 11) is 0. The summed E-state index contributed by atoms with van der Waals surface area (Å²) in [6.45, 7) is 6.18. The SMILES string of the molecule is CC(C)(C)c1nc2c(Cl)cccc2o1. The smallest absolute Gasteiger partial charge is 0.200 e. The number of para-hydroxylation sites is 1. The third kappa shape index (κ3) is 1.50. The minimum Gasteiger partial charge on any atom is -0.440 e. The summed E-state index contributed by atoms with van der Waals surface area (Å²) in [5.74, 6) is 0.723. The lowest BCUT2D eigenvalue weighted by Gasteiger charge is -2.11. The van der Waals surface area contributed by atoms with Gasteiger partial charge in [0.25, 0.3) is 0 Å². The molecule has 2 rings (SSSR count). The predicted octanol–water partition coefficient (Wildman–Crippen LogP) is 3.78. The van der Waals surface area contributed by atoms with E-state index in [1.165, 1.54) is 0 Å².